The van der Waals surface area contributed by atoms with Crippen LogP contribution in [0, 0.1) is 0 Å². The van der Waals surface area contributed by atoms with Crippen molar-refractivity contribution in [1.29, 1.82) is 0 Å². The van der Waals surface area contributed by atoms with E-state index in [0.717, 1.165) is 69.6 Å². The smallest absolute Gasteiger partial charge is 0.191 e. The van der Waals surface area contributed by atoms with Crippen LogP contribution in [0.15, 0.2) is 23.2 Å². The quantitative estimate of drug-likeness (QED) is 0.220. The summed E-state index contributed by atoms with van der Waals surface area (Å²) in [5.41, 5.74) is 1.20. The number of likely N-dealkylation sites (tertiary alicyclic amines) is 1. The minimum atomic E-state index is 0. The molecule has 0 radical (unpaired) electrons. The molecule has 0 aromatic heterocycles. The molecule has 1 aliphatic heterocycles. The van der Waals surface area contributed by atoms with E-state index < -0.39 is 0 Å². The van der Waals surface area contributed by atoms with Gasteiger partial charge in [0.05, 0.1) is 14.2 Å². The summed E-state index contributed by atoms with van der Waals surface area (Å²) in [6.07, 6.45) is 2.03. The van der Waals surface area contributed by atoms with Crippen LogP contribution in [0.2, 0.25) is 0 Å². The van der Waals surface area contributed by atoms with Crippen molar-refractivity contribution < 1.29 is 14.2 Å². The van der Waals surface area contributed by atoms with Crippen LogP contribution in [0.1, 0.15) is 25.3 Å². The average Bonchev–Trinajstić information content (AvgIpc) is 3.11. The number of nitrogens with one attached hydrogen (secondary N) is 2. The molecule has 1 aromatic carbocycles. The molecule has 1 fully saturated rings. The molecule has 0 saturated carbocycles. The van der Waals surface area contributed by atoms with Gasteiger partial charge in [-0.25, -0.2) is 0 Å². The molecule has 1 saturated heterocycles. The minimum Gasteiger partial charge on any atom is -0.497 e. The zero-order chi connectivity index (χ0) is 19.5. The molecule has 28 heavy (non-hydrogen) atoms. The van der Waals surface area contributed by atoms with E-state index in [2.05, 4.69) is 39.6 Å². The molecule has 1 heterocycles. The number of nitrogens with zero attached hydrogens (tertiary/aromatic N) is 2. The summed E-state index contributed by atoms with van der Waals surface area (Å²) in [6.45, 7) is 7.38. The van der Waals surface area contributed by atoms with E-state index in [4.69, 9.17) is 14.2 Å². The normalized spacial score (nSPS) is 17.1. The lowest BCUT2D eigenvalue weighted by Crippen LogP contribution is -2.44. The molecule has 0 amide bonds. The van der Waals surface area contributed by atoms with Gasteiger partial charge in [0.15, 0.2) is 5.96 Å². The zero-order valence-corrected chi connectivity index (χ0v) is 19.8. The van der Waals surface area contributed by atoms with Crippen LogP contribution in [0.4, 0.5) is 0 Å². The second-order valence-electron chi connectivity index (χ2n) is 6.69. The van der Waals surface area contributed by atoms with Crippen LogP contribution in [0.25, 0.3) is 0 Å². The summed E-state index contributed by atoms with van der Waals surface area (Å²) in [5.74, 6) is 2.55. The fraction of sp³-hybridized carbons (Fsp3) is 0.650. The number of rotatable bonds is 10. The van der Waals surface area contributed by atoms with Gasteiger partial charge in [0.2, 0.25) is 0 Å². The van der Waals surface area contributed by atoms with Gasteiger partial charge in [0, 0.05) is 58.5 Å². The third-order valence-corrected chi connectivity index (χ3v) is 4.55. The lowest BCUT2D eigenvalue weighted by Gasteiger charge is -2.19. The van der Waals surface area contributed by atoms with E-state index in [1.165, 1.54) is 5.56 Å². The van der Waals surface area contributed by atoms with Gasteiger partial charge < -0.3 is 24.8 Å². The van der Waals surface area contributed by atoms with Gasteiger partial charge >= 0.3 is 0 Å². The van der Waals surface area contributed by atoms with Gasteiger partial charge in [-0.1, -0.05) is 0 Å². The predicted molar refractivity (Wildman–Crippen MR) is 124 cm³/mol. The number of benzene rings is 1. The number of ether oxygens (including phenoxy) is 3. The van der Waals surface area contributed by atoms with Gasteiger partial charge in [0.25, 0.3) is 0 Å². The number of halogens is 1. The van der Waals surface area contributed by atoms with Crippen molar-refractivity contribution in [3.05, 3.63) is 23.8 Å². The topological polar surface area (TPSA) is 67.4 Å². The molecule has 1 aliphatic rings. The number of hydrogen-bond acceptors (Lipinski definition) is 5. The molecule has 1 unspecified atom stereocenters. The first-order valence-corrected chi connectivity index (χ1v) is 9.66. The Kier molecular flexibility index (Phi) is 12.2. The molecule has 1 atom stereocenters. The third kappa shape index (κ3) is 8.40. The van der Waals surface area contributed by atoms with Crippen molar-refractivity contribution in [2.75, 3.05) is 54.1 Å². The molecule has 2 N–H and O–H groups in total. The molecule has 160 valence electrons. The van der Waals surface area contributed by atoms with Crippen LogP contribution in [0.3, 0.4) is 0 Å². The van der Waals surface area contributed by atoms with Crippen molar-refractivity contribution in [3.63, 3.8) is 0 Å². The highest BCUT2D eigenvalue weighted by Gasteiger charge is 2.23. The Hall–Kier alpha value is -1.26. The maximum Gasteiger partial charge on any atom is 0.191 e. The molecule has 8 heteroatoms. The SMILES string of the molecule is CCNC(=NCCCOC)NC1CCN(Cc2cc(OC)cc(OC)c2)C1.I. The lowest BCUT2D eigenvalue weighted by atomic mass is 10.2. The van der Waals surface area contributed by atoms with Crippen LogP contribution in [-0.2, 0) is 11.3 Å². The Balaban J connectivity index is 0.00000392. The summed E-state index contributed by atoms with van der Waals surface area (Å²) in [6, 6.07) is 6.45. The number of guanidine groups is 1. The molecular weight excluding hydrogens is 471 g/mol. The van der Waals surface area contributed by atoms with Crippen LogP contribution in [0.5, 0.6) is 11.5 Å². The van der Waals surface area contributed by atoms with Gasteiger partial charge in [-0.05, 0) is 37.5 Å². The van der Waals surface area contributed by atoms with Crippen molar-refractivity contribution in [3.8, 4) is 11.5 Å². The molecule has 7 nitrogen and oxygen atoms in total. The van der Waals surface area contributed by atoms with Gasteiger partial charge in [-0.3, -0.25) is 9.89 Å². The molecular formula is C20H35IN4O3. The van der Waals surface area contributed by atoms with E-state index in [-0.39, 0.29) is 24.0 Å². The van der Waals surface area contributed by atoms with Crippen LogP contribution >= 0.6 is 24.0 Å². The highest BCUT2D eigenvalue weighted by atomic mass is 127. The van der Waals surface area contributed by atoms with E-state index in [1.807, 2.05) is 6.07 Å². The second-order valence-corrected chi connectivity index (χ2v) is 6.69. The Bertz CT molecular complexity index is 579. The summed E-state index contributed by atoms with van der Waals surface area (Å²) in [7, 11) is 5.09. The Morgan fingerprint density at radius 2 is 1.89 bits per heavy atom. The van der Waals surface area contributed by atoms with Crippen LogP contribution in [-0.4, -0.2) is 71.0 Å². The standard InChI is InChI=1S/C20H34N4O3.HI/c1-5-21-20(22-8-6-10-25-2)23-17-7-9-24(15-17)14-16-11-18(26-3)13-19(12-16)27-4;/h11-13,17H,5-10,14-15H2,1-4H3,(H2,21,22,23);1H. The summed E-state index contributed by atoms with van der Waals surface area (Å²) >= 11 is 0. The fourth-order valence-electron chi connectivity index (χ4n) is 3.22. The van der Waals surface area contributed by atoms with Gasteiger partial charge in [0.1, 0.15) is 11.5 Å². The second kappa shape index (κ2) is 13.8. The zero-order valence-electron chi connectivity index (χ0n) is 17.5. The van der Waals surface area contributed by atoms with E-state index in [1.54, 1.807) is 21.3 Å². The first kappa shape index (κ1) is 24.8. The maximum absolute atomic E-state index is 5.37. The summed E-state index contributed by atoms with van der Waals surface area (Å²) in [5, 5.41) is 6.89. The minimum absolute atomic E-state index is 0. The van der Waals surface area contributed by atoms with E-state index in [9.17, 15) is 0 Å². The van der Waals surface area contributed by atoms with Gasteiger partial charge in [-0.15, -0.1) is 24.0 Å². The molecule has 1 aromatic rings. The molecule has 0 spiro atoms. The number of methoxy groups -OCH3 is 3. The van der Waals surface area contributed by atoms with E-state index >= 15 is 0 Å². The Morgan fingerprint density at radius 1 is 1.18 bits per heavy atom. The maximum atomic E-state index is 5.37. The Morgan fingerprint density at radius 3 is 2.50 bits per heavy atom. The van der Waals surface area contributed by atoms with Crippen molar-refractivity contribution in [2.45, 2.75) is 32.4 Å². The van der Waals surface area contributed by atoms with Crippen LogP contribution < -0.4 is 20.1 Å². The average molecular weight is 506 g/mol. The number of hydrogen-bond donors (Lipinski definition) is 2. The summed E-state index contributed by atoms with van der Waals surface area (Å²) < 4.78 is 15.8. The van der Waals surface area contributed by atoms with Crippen molar-refractivity contribution >= 4 is 29.9 Å². The number of aliphatic imine (C=N–C) groups is 1. The first-order chi connectivity index (χ1) is 13.2. The largest absolute Gasteiger partial charge is 0.497 e. The highest BCUT2D eigenvalue weighted by Crippen LogP contribution is 2.24. The molecule has 0 bridgehead atoms. The monoisotopic (exact) mass is 506 g/mol. The van der Waals surface area contributed by atoms with E-state index in [0.29, 0.717) is 6.04 Å². The summed E-state index contributed by atoms with van der Waals surface area (Å²) in [4.78, 5) is 7.08. The highest BCUT2D eigenvalue weighted by molar-refractivity contribution is 14.0. The van der Waals surface area contributed by atoms with Crippen molar-refractivity contribution in [1.82, 2.24) is 15.5 Å². The first-order valence-electron chi connectivity index (χ1n) is 9.66. The third-order valence-electron chi connectivity index (χ3n) is 4.55. The molecule has 0 aliphatic carbocycles. The lowest BCUT2D eigenvalue weighted by molar-refractivity contribution is 0.197. The van der Waals surface area contributed by atoms with Crippen molar-refractivity contribution in [2.24, 2.45) is 4.99 Å². The predicted octanol–water partition coefficient (Wildman–Crippen LogP) is 2.49. The Labute approximate surface area is 186 Å². The fourth-order valence-corrected chi connectivity index (χ4v) is 3.22. The molecule has 2 rings (SSSR count). The van der Waals surface area contributed by atoms with Gasteiger partial charge in [-0.2, -0.15) is 0 Å².